The maximum atomic E-state index is 12.3. The van der Waals surface area contributed by atoms with Crippen LogP contribution in [0.4, 0.5) is 5.69 Å². The fourth-order valence-electron chi connectivity index (χ4n) is 2.96. The summed E-state index contributed by atoms with van der Waals surface area (Å²) in [6.07, 6.45) is 0.336. The number of nitrogens with one attached hydrogen (secondary N) is 1. The zero-order valence-corrected chi connectivity index (χ0v) is 17.3. The molecular weight excluding hydrogens is 420 g/mol. The number of para-hydroxylation sites is 1. The first-order valence-corrected chi connectivity index (χ1v) is 11.0. The summed E-state index contributed by atoms with van der Waals surface area (Å²) in [5.41, 5.74) is 1.04. The maximum absolute atomic E-state index is 12.3. The minimum Gasteiger partial charge on any atom is -0.456 e. The molecule has 0 atom stereocenters. The van der Waals surface area contributed by atoms with Gasteiger partial charge in [0.15, 0.2) is 6.61 Å². The Morgan fingerprint density at radius 2 is 1.81 bits per heavy atom. The zero-order chi connectivity index (χ0) is 22.3. The number of aliphatic imine (C=N–C) groups is 1. The van der Waals surface area contributed by atoms with Crippen molar-refractivity contribution in [2.24, 2.45) is 4.99 Å². The quantitative estimate of drug-likeness (QED) is 0.377. The molecular formula is C21H20N4O5S. The number of esters is 1. The van der Waals surface area contributed by atoms with E-state index in [1.54, 1.807) is 48.5 Å². The molecule has 0 aromatic heterocycles. The normalized spacial score (nSPS) is 14.9. The molecule has 1 heterocycles. The van der Waals surface area contributed by atoms with Gasteiger partial charge < -0.3 is 4.74 Å². The van der Waals surface area contributed by atoms with Crippen molar-refractivity contribution in [1.82, 2.24) is 4.72 Å². The van der Waals surface area contributed by atoms with Gasteiger partial charge in [-0.1, -0.05) is 30.3 Å². The zero-order valence-electron chi connectivity index (χ0n) is 16.5. The van der Waals surface area contributed by atoms with Gasteiger partial charge >= 0.3 is 5.97 Å². The SMILES string of the molecule is N#CCN(C(=O)COC(=O)CCCN=C1NS(=O)(=O)c2ccccc21)c1ccccc1. The lowest BCUT2D eigenvalue weighted by atomic mass is 10.2. The van der Waals surface area contributed by atoms with Gasteiger partial charge in [0.1, 0.15) is 12.4 Å². The lowest BCUT2D eigenvalue weighted by Gasteiger charge is -2.19. The Morgan fingerprint density at radius 3 is 2.55 bits per heavy atom. The first-order chi connectivity index (χ1) is 14.9. The van der Waals surface area contributed by atoms with Gasteiger partial charge in [0.05, 0.1) is 11.0 Å². The van der Waals surface area contributed by atoms with Gasteiger partial charge in [-0.2, -0.15) is 5.26 Å². The minimum atomic E-state index is -3.60. The van der Waals surface area contributed by atoms with E-state index in [0.717, 1.165) is 0 Å². The van der Waals surface area contributed by atoms with Crippen LogP contribution in [-0.2, 0) is 24.3 Å². The molecule has 0 spiro atoms. The lowest BCUT2D eigenvalue weighted by molar-refractivity contribution is -0.147. The smallest absolute Gasteiger partial charge is 0.306 e. The number of carbonyl (C=O) groups is 2. The summed E-state index contributed by atoms with van der Waals surface area (Å²) in [7, 11) is -3.60. The monoisotopic (exact) mass is 440 g/mol. The number of fused-ring (bicyclic) bond motifs is 1. The number of sulfonamides is 1. The largest absolute Gasteiger partial charge is 0.456 e. The van der Waals surface area contributed by atoms with Crippen molar-refractivity contribution < 1.29 is 22.7 Å². The Morgan fingerprint density at radius 1 is 1.10 bits per heavy atom. The van der Waals surface area contributed by atoms with Crippen LogP contribution >= 0.6 is 0 Å². The predicted molar refractivity (Wildman–Crippen MR) is 113 cm³/mol. The van der Waals surface area contributed by atoms with Crippen LogP contribution in [0.1, 0.15) is 18.4 Å². The Hall–Kier alpha value is -3.71. The van der Waals surface area contributed by atoms with E-state index in [-0.39, 0.29) is 30.2 Å². The van der Waals surface area contributed by atoms with Gasteiger partial charge in [0.25, 0.3) is 15.9 Å². The number of amidine groups is 1. The second-order valence-corrected chi connectivity index (χ2v) is 8.22. The Labute approximate surface area is 180 Å². The fourth-order valence-corrected chi connectivity index (χ4v) is 4.21. The lowest BCUT2D eigenvalue weighted by Crippen LogP contribution is -2.35. The first-order valence-electron chi connectivity index (χ1n) is 9.47. The third kappa shape index (κ3) is 5.46. The van der Waals surface area contributed by atoms with Gasteiger partial charge in [0.2, 0.25) is 0 Å². The van der Waals surface area contributed by atoms with E-state index in [9.17, 15) is 18.0 Å². The van der Waals surface area contributed by atoms with Crippen molar-refractivity contribution >= 4 is 33.4 Å². The highest BCUT2D eigenvalue weighted by molar-refractivity contribution is 7.90. The number of amides is 1. The Kier molecular flexibility index (Phi) is 6.99. The van der Waals surface area contributed by atoms with E-state index < -0.39 is 28.5 Å². The average Bonchev–Trinajstić information content (AvgIpc) is 3.04. The molecule has 0 saturated heterocycles. The van der Waals surface area contributed by atoms with Gasteiger partial charge in [-0.05, 0) is 30.7 Å². The molecule has 0 unspecified atom stereocenters. The number of anilines is 1. The molecule has 1 aliphatic heterocycles. The molecule has 10 heteroatoms. The molecule has 0 aliphatic carbocycles. The molecule has 2 aromatic carbocycles. The molecule has 1 amide bonds. The van der Waals surface area contributed by atoms with Crippen LogP contribution in [-0.4, -0.2) is 45.8 Å². The van der Waals surface area contributed by atoms with Crippen LogP contribution < -0.4 is 9.62 Å². The molecule has 0 bridgehead atoms. The number of nitrogens with zero attached hydrogens (tertiary/aromatic N) is 3. The number of hydrogen-bond donors (Lipinski definition) is 1. The highest BCUT2D eigenvalue weighted by Gasteiger charge is 2.29. The highest BCUT2D eigenvalue weighted by atomic mass is 32.2. The van der Waals surface area contributed by atoms with Gasteiger partial charge in [0, 0.05) is 24.2 Å². The summed E-state index contributed by atoms with van der Waals surface area (Å²) in [6, 6.07) is 17.1. The third-order valence-corrected chi connectivity index (χ3v) is 5.82. The number of hydrogen-bond acceptors (Lipinski definition) is 7. The van der Waals surface area contributed by atoms with Crippen molar-refractivity contribution in [3.8, 4) is 6.07 Å². The van der Waals surface area contributed by atoms with Crippen LogP contribution in [0.15, 0.2) is 64.5 Å². The van der Waals surface area contributed by atoms with Crippen LogP contribution in [0.2, 0.25) is 0 Å². The first kappa shape index (κ1) is 22.0. The molecule has 0 saturated carbocycles. The second kappa shape index (κ2) is 9.86. The molecule has 160 valence electrons. The van der Waals surface area contributed by atoms with Crippen molar-refractivity contribution in [1.29, 1.82) is 5.26 Å². The van der Waals surface area contributed by atoms with E-state index in [2.05, 4.69) is 9.71 Å². The van der Waals surface area contributed by atoms with Crippen LogP contribution in [0.5, 0.6) is 0 Å². The van der Waals surface area contributed by atoms with Gasteiger partial charge in [-0.25, -0.2) is 8.42 Å². The molecule has 0 radical (unpaired) electrons. The van der Waals surface area contributed by atoms with Crippen molar-refractivity contribution in [2.45, 2.75) is 17.7 Å². The summed E-state index contributed by atoms with van der Waals surface area (Å²) < 4.78 is 31.5. The third-order valence-electron chi connectivity index (χ3n) is 4.43. The number of nitriles is 1. The van der Waals surface area contributed by atoms with E-state index in [0.29, 0.717) is 17.7 Å². The van der Waals surface area contributed by atoms with Crippen molar-refractivity contribution in [3.05, 3.63) is 60.2 Å². The molecule has 1 aliphatic rings. The number of rotatable bonds is 8. The summed E-state index contributed by atoms with van der Waals surface area (Å²) in [4.78, 5) is 29.9. The summed E-state index contributed by atoms with van der Waals surface area (Å²) in [6.45, 7) is -0.424. The number of benzene rings is 2. The Bertz CT molecular complexity index is 1140. The molecule has 3 rings (SSSR count). The summed E-state index contributed by atoms with van der Waals surface area (Å²) in [5, 5.41) is 8.94. The number of ether oxygens (including phenoxy) is 1. The summed E-state index contributed by atoms with van der Waals surface area (Å²) >= 11 is 0. The molecule has 2 aromatic rings. The molecule has 0 fully saturated rings. The maximum Gasteiger partial charge on any atom is 0.306 e. The second-order valence-electron chi connectivity index (χ2n) is 6.57. The van der Waals surface area contributed by atoms with E-state index in [4.69, 9.17) is 10.00 Å². The minimum absolute atomic E-state index is 0.0159. The standard InChI is InChI=1S/C21H20N4O5S/c22-12-14-25(16-7-2-1-3-8-16)19(26)15-30-20(27)11-6-13-23-21-17-9-4-5-10-18(17)31(28,29)24-21/h1-5,7-10H,6,11,13-15H2,(H,23,24). The van der Waals surface area contributed by atoms with E-state index in [1.807, 2.05) is 6.07 Å². The van der Waals surface area contributed by atoms with Crippen LogP contribution in [0.3, 0.4) is 0 Å². The van der Waals surface area contributed by atoms with Gasteiger partial charge in [-0.3, -0.25) is 24.2 Å². The fraction of sp³-hybridized carbons (Fsp3) is 0.238. The molecule has 9 nitrogen and oxygen atoms in total. The van der Waals surface area contributed by atoms with Crippen LogP contribution in [0.25, 0.3) is 0 Å². The van der Waals surface area contributed by atoms with Gasteiger partial charge in [-0.15, -0.1) is 0 Å². The number of carbonyl (C=O) groups excluding carboxylic acids is 2. The van der Waals surface area contributed by atoms with E-state index >= 15 is 0 Å². The average molecular weight is 440 g/mol. The van der Waals surface area contributed by atoms with Crippen molar-refractivity contribution in [3.63, 3.8) is 0 Å². The van der Waals surface area contributed by atoms with Crippen molar-refractivity contribution in [2.75, 3.05) is 24.6 Å². The molecule has 1 N–H and O–H groups in total. The van der Waals surface area contributed by atoms with Crippen LogP contribution in [0, 0.1) is 11.3 Å². The predicted octanol–water partition coefficient (Wildman–Crippen LogP) is 1.61. The Balaban J connectivity index is 1.47. The van der Waals surface area contributed by atoms with E-state index in [1.165, 1.54) is 11.0 Å². The summed E-state index contributed by atoms with van der Waals surface area (Å²) in [5.74, 6) is -0.835. The molecule has 31 heavy (non-hydrogen) atoms. The highest BCUT2D eigenvalue weighted by Crippen LogP contribution is 2.22. The topological polar surface area (TPSA) is 129 Å².